The molecular weight excluding hydrogens is 343 g/mol. The van der Waals surface area contributed by atoms with E-state index in [0.29, 0.717) is 12.1 Å². The van der Waals surface area contributed by atoms with Gasteiger partial charge in [0.15, 0.2) is 0 Å². The molecule has 3 nitrogen and oxygen atoms in total. The highest BCUT2D eigenvalue weighted by atomic mass is 19.4. The lowest BCUT2D eigenvalue weighted by Gasteiger charge is -2.29. The summed E-state index contributed by atoms with van der Waals surface area (Å²) in [6.07, 6.45) is 0.0118. The highest BCUT2D eigenvalue weighted by molar-refractivity contribution is 5.65. The van der Waals surface area contributed by atoms with Crippen molar-refractivity contribution in [3.8, 4) is 22.6 Å². The molecule has 4 rings (SSSR count). The molecular formula is C20H20F3NO2. The number of rotatable bonds is 4. The standard InChI is InChI=1S/C20H20F3NO2/c21-20(22,23)26-17-8-4-13(5-9-17)14-2-1-3-18(10-14)25-19-11-15-6-7-16(12-19)24-15/h1-5,8-10,15-16,19,24H,6-7,11-12H2/t15-,16+,19?. The number of fused-ring (bicyclic) bond motifs is 2. The molecule has 2 aromatic carbocycles. The molecule has 1 N–H and O–H groups in total. The summed E-state index contributed by atoms with van der Waals surface area (Å²) >= 11 is 0. The van der Waals surface area contributed by atoms with E-state index in [1.54, 1.807) is 12.1 Å². The van der Waals surface area contributed by atoms with Gasteiger partial charge in [-0.3, -0.25) is 0 Å². The summed E-state index contributed by atoms with van der Waals surface area (Å²) < 4.78 is 46.9. The number of ether oxygens (including phenoxy) is 2. The van der Waals surface area contributed by atoms with E-state index in [9.17, 15) is 13.2 Å². The van der Waals surface area contributed by atoms with Gasteiger partial charge in [-0.1, -0.05) is 24.3 Å². The zero-order valence-electron chi connectivity index (χ0n) is 14.1. The molecule has 1 unspecified atom stereocenters. The normalized spacial score (nSPS) is 25.1. The second-order valence-corrected chi connectivity index (χ2v) is 6.95. The van der Waals surface area contributed by atoms with Gasteiger partial charge in [-0.15, -0.1) is 13.2 Å². The smallest absolute Gasteiger partial charge is 0.490 e. The first-order chi connectivity index (χ1) is 12.4. The molecule has 0 amide bonds. The van der Waals surface area contributed by atoms with Gasteiger partial charge in [0.1, 0.15) is 17.6 Å². The molecule has 0 radical (unpaired) electrons. The van der Waals surface area contributed by atoms with E-state index in [-0.39, 0.29) is 11.9 Å². The van der Waals surface area contributed by atoms with Crippen LogP contribution < -0.4 is 14.8 Å². The fraction of sp³-hybridized carbons (Fsp3) is 0.400. The predicted octanol–water partition coefficient (Wildman–Crippen LogP) is 4.91. The number of benzene rings is 2. The number of hydrogen-bond donors (Lipinski definition) is 1. The quantitative estimate of drug-likeness (QED) is 0.837. The second-order valence-electron chi connectivity index (χ2n) is 6.95. The van der Waals surface area contributed by atoms with Crippen molar-refractivity contribution in [2.45, 2.75) is 50.2 Å². The van der Waals surface area contributed by atoms with Gasteiger partial charge in [0, 0.05) is 12.1 Å². The first-order valence-corrected chi connectivity index (χ1v) is 8.83. The van der Waals surface area contributed by atoms with Crippen LogP contribution in [-0.2, 0) is 0 Å². The van der Waals surface area contributed by atoms with E-state index >= 15 is 0 Å². The molecule has 2 aromatic rings. The van der Waals surface area contributed by atoms with Gasteiger partial charge in [-0.2, -0.15) is 0 Å². The number of nitrogens with one attached hydrogen (secondary N) is 1. The van der Waals surface area contributed by atoms with E-state index in [0.717, 1.165) is 29.7 Å². The van der Waals surface area contributed by atoms with Crippen molar-refractivity contribution in [1.82, 2.24) is 5.32 Å². The maximum atomic E-state index is 12.3. The minimum atomic E-state index is -4.68. The van der Waals surface area contributed by atoms with E-state index in [1.165, 1.54) is 25.0 Å². The van der Waals surface area contributed by atoms with Crippen molar-refractivity contribution < 1.29 is 22.6 Å². The summed E-state index contributed by atoms with van der Waals surface area (Å²) in [7, 11) is 0. The Morgan fingerprint density at radius 3 is 2.19 bits per heavy atom. The van der Waals surface area contributed by atoms with Crippen molar-refractivity contribution in [1.29, 1.82) is 0 Å². The van der Waals surface area contributed by atoms with Crippen molar-refractivity contribution in [2.24, 2.45) is 0 Å². The molecule has 0 aromatic heterocycles. The monoisotopic (exact) mass is 363 g/mol. The van der Waals surface area contributed by atoms with Crippen molar-refractivity contribution in [3.05, 3.63) is 48.5 Å². The molecule has 138 valence electrons. The van der Waals surface area contributed by atoms with Crippen LogP contribution in [0.25, 0.3) is 11.1 Å². The van der Waals surface area contributed by atoms with Gasteiger partial charge >= 0.3 is 6.36 Å². The van der Waals surface area contributed by atoms with Gasteiger partial charge in [-0.25, -0.2) is 0 Å². The van der Waals surface area contributed by atoms with Crippen LogP contribution in [0.1, 0.15) is 25.7 Å². The first kappa shape index (κ1) is 17.2. The third-order valence-electron chi connectivity index (χ3n) is 4.99. The minimum Gasteiger partial charge on any atom is -0.490 e. The summed E-state index contributed by atoms with van der Waals surface area (Å²) in [5.74, 6) is 0.572. The van der Waals surface area contributed by atoms with Crippen LogP contribution >= 0.6 is 0 Å². The predicted molar refractivity (Wildman–Crippen MR) is 92.2 cm³/mol. The SMILES string of the molecule is FC(F)(F)Oc1ccc(-c2cccc(OC3C[C@H]4CC[C@@H](C3)N4)c2)cc1. The van der Waals surface area contributed by atoms with Crippen LogP contribution in [0.5, 0.6) is 11.5 Å². The van der Waals surface area contributed by atoms with Crippen molar-refractivity contribution >= 4 is 0 Å². The Morgan fingerprint density at radius 1 is 0.846 bits per heavy atom. The highest BCUT2D eigenvalue weighted by Crippen LogP contribution is 2.32. The molecule has 0 spiro atoms. The van der Waals surface area contributed by atoms with Gasteiger partial charge < -0.3 is 14.8 Å². The zero-order valence-corrected chi connectivity index (χ0v) is 14.1. The molecule has 2 saturated heterocycles. The Kier molecular flexibility index (Phi) is 4.53. The fourth-order valence-electron chi connectivity index (χ4n) is 3.89. The largest absolute Gasteiger partial charge is 0.573 e. The Bertz CT molecular complexity index is 748. The van der Waals surface area contributed by atoms with Crippen molar-refractivity contribution in [2.75, 3.05) is 0 Å². The third kappa shape index (κ3) is 4.12. The van der Waals surface area contributed by atoms with Gasteiger partial charge in [-0.05, 0) is 61.1 Å². The summed E-state index contributed by atoms with van der Waals surface area (Å²) in [5.41, 5.74) is 1.72. The van der Waals surface area contributed by atoms with Crippen LogP contribution in [0, 0.1) is 0 Å². The van der Waals surface area contributed by atoms with Gasteiger partial charge in [0.2, 0.25) is 0 Å². The number of halogens is 3. The first-order valence-electron chi connectivity index (χ1n) is 8.83. The molecule has 2 bridgehead atoms. The summed E-state index contributed by atoms with van der Waals surface area (Å²) in [6, 6.07) is 14.7. The lowest BCUT2D eigenvalue weighted by atomic mass is 10.0. The third-order valence-corrected chi connectivity index (χ3v) is 4.99. The Labute approximate surface area is 150 Å². The average molecular weight is 363 g/mol. The van der Waals surface area contributed by atoms with Gasteiger partial charge in [0.05, 0.1) is 0 Å². The van der Waals surface area contributed by atoms with Crippen LogP contribution in [0.2, 0.25) is 0 Å². The van der Waals surface area contributed by atoms with Crippen LogP contribution in [-0.4, -0.2) is 24.6 Å². The minimum absolute atomic E-state index is 0.214. The number of hydrogen-bond acceptors (Lipinski definition) is 3. The zero-order chi connectivity index (χ0) is 18.1. The average Bonchev–Trinajstić information content (AvgIpc) is 2.93. The Balaban J connectivity index is 1.45. The summed E-state index contributed by atoms with van der Waals surface area (Å²) in [6.45, 7) is 0. The molecule has 2 aliphatic heterocycles. The molecule has 3 atom stereocenters. The van der Waals surface area contributed by atoms with Crippen molar-refractivity contribution in [3.63, 3.8) is 0 Å². The summed E-state index contributed by atoms with van der Waals surface area (Å²) in [5, 5.41) is 3.59. The lowest BCUT2D eigenvalue weighted by molar-refractivity contribution is -0.274. The molecule has 6 heteroatoms. The molecule has 0 aliphatic carbocycles. The number of piperidine rings is 1. The second kappa shape index (κ2) is 6.83. The van der Waals surface area contributed by atoms with Crippen LogP contribution in [0.4, 0.5) is 13.2 Å². The van der Waals surface area contributed by atoms with Crippen LogP contribution in [0.3, 0.4) is 0 Å². The van der Waals surface area contributed by atoms with Crippen LogP contribution in [0.15, 0.2) is 48.5 Å². The van der Waals surface area contributed by atoms with E-state index in [1.807, 2.05) is 24.3 Å². The molecule has 2 aliphatic rings. The molecule has 26 heavy (non-hydrogen) atoms. The molecule has 2 fully saturated rings. The molecule has 0 saturated carbocycles. The summed E-state index contributed by atoms with van der Waals surface area (Å²) in [4.78, 5) is 0. The highest BCUT2D eigenvalue weighted by Gasteiger charge is 2.34. The fourth-order valence-corrected chi connectivity index (χ4v) is 3.89. The lowest BCUT2D eigenvalue weighted by Crippen LogP contribution is -2.42. The maximum absolute atomic E-state index is 12.3. The molecule has 2 heterocycles. The Hall–Kier alpha value is -2.21. The van der Waals surface area contributed by atoms with E-state index < -0.39 is 6.36 Å². The Morgan fingerprint density at radius 2 is 1.54 bits per heavy atom. The van der Waals surface area contributed by atoms with E-state index in [4.69, 9.17) is 4.74 Å². The van der Waals surface area contributed by atoms with E-state index in [2.05, 4.69) is 10.1 Å². The topological polar surface area (TPSA) is 30.5 Å². The number of alkyl halides is 3. The van der Waals surface area contributed by atoms with Gasteiger partial charge in [0.25, 0.3) is 0 Å². The maximum Gasteiger partial charge on any atom is 0.573 e.